The normalized spacial score (nSPS) is 20.6. The number of carbonyl (C=O) groups excluding carboxylic acids is 1. The number of aromatic nitrogens is 1. The smallest absolute Gasteiger partial charge is 0.270 e. The summed E-state index contributed by atoms with van der Waals surface area (Å²) in [6.45, 7) is 7.55. The SMILES string of the molecule is CCCNc1ccc(C(=O)NC2CCC(C)(C)C2)nc1. The minimum absolute atomic E-state index is 0.0604. The zero-order valence-electron chi connectivity index (χ0n) is 12.7. The molecule has 1 saturated carbocycles. The Balaban J connectivity index is 1.89. The second-order valence-electron chi connectivity index (χ2n) is 6.44. The van der Waals surface area contributed by atoms with Gasteiger partial charge in [-0.2, -0.15) is 0 Å². The molecule has 1 aliphatic rings. The summed E-state index contributed by atoms with van der Waals surface area (Å²) in [5, 5.41) is 6.34. The Hall–Kier alpha value is -1.58. The topological polar surface area (TPSA) is 54.0 Å². The standard InChI is InChI=1S/C16H25N3O/c1-4-9-17-13-5-6-14(18-11-13)15(20)19-12-7-8-16(2,3)10-12/h5-6,11-12,17H,4,7-10H2,1-3H3,(H,19,20). The van der Waals surface area contributed by atoms with Crippen molar-refractivity contribution in [2.45, 2.75) is 52.5 Å². The number of carbonyl (C=O) groups is 1. The maximum atomic E-state index is 12.1. The summed E-state index contributed by atoms with van der Waals surface area (Å²) in [6, 6.07) is 3.99. The third-order valence-corrected chi connectivity index (χ3v) is 3.88. The quantitative estimate of drug-likeness (QED) is 0.867. The Morgan fingerprint density at radius 3 is 2.80 bits per heavy atom. The molecular formula is C16H25N3O. The molecule has 1 atom stereocenters. The van der Waals surface area contributed by atoms with E-state index in [0.717, 1.165) is 31.5 Å². The van der Waals surface area contributed by atoms with Crippen molar-refractivity contribution in [2.24, 2.45) is 5.41 Å². The molecule has 4 heteroatoms. The van der Waals surface area contributed by atoms with Gasteiger partial charge in [0.25, 0.3) is 5.91 Å². The molecule has 1 heterocycles. The van der Waals surface area contributed by atoms with Gasteiger partial charge in [0.2, 0.25) is 0 Å². The Labute approximate surface area is 121 Å². The molecule has 1 amide bonds. The lowest BCUT2D eigenvalue weighted by Gasteiger charge is -2.17. The van der Waals surface area contributed by atoms with Crippen molar-refractivity contribution in [2.75, 3.05) is 11.9 Å². The number of nitrogens with zero attached hydrogens (tertiary/aromatic N) is 1. The van der Waals surface area contributed by atoms with Crippen LogP contribution in [0.4, 0.5) is 5.69 Å². The van der Waals surface area contributed by atoms with E-state index >= 15 is 0 Å². The summed E-state index contributed by atoms with van der Waals surface area (Å²) in [7, 11) is 0. The lowest BCUT2D eigenvalue weighted by atomic mass is 9.92. The fraction of sp³-hybridized carbons (Fsp3) is 0.625. The fourth-order valence-corrected chi connectivity index (χ4v) is 2.72. The molecule has 20 heavy (non-hydrogen) atoms. The highest BCUT2D eigenvalue weighted by molar-refractivity contribution is 5.92. The van der Waals surface area contributed by atoms with Gasteiger partial charge in [0.1, 0.15) is 5.69 Å². The largest absolute Gasteiger partial charge is 0.384 e. The monoisotopic (exact) mass is 275 g/mol. The molecule has 1 aliphatic carbocycles. The zero-order valence-corrected chi connectivity index (χ0v) is 12.7. The minimum atomic E-state index is -0.0604. The van der Waals surface area contributed by atoms with E-state index in [4.69, 9.17) is 0 Å². The minimum Gasteiger partial charge on any atom is -0.384 e. The van der Waals surface area contributed by atoms with Crippen molar-refractivity contribution in [1.82, 2.24) is 10.3 Å². The summed E-state index contributed by atoms with van der Waals surface area (Å²) in [5.74, 6) is -0.0604. The number of hydrogen-bond donors (Lipinski definition) is 2. The van der Waals surface area contributed by atoms with Crippen LogP contribution in [0.3, 0.4) is 0 Å². The van der Waals surface area contributed by atoms with E-state index in [1.54, 1.807) is 12.3 Å². The molecule has 2 rings (SSSR count). The van der Waals surface area contributed by atoms with E-state index in [9.17, 15) is 4.79 Å². The number of amides is 1. The Morgan fingerprint density at radius 1 is 1.45 bits per heavy atom. The highest BCUT2D eigenvalue weighted by atomic mass is 16.1. The van der Waals surface area contributed by atoms with Crippen LogP contribution in [0.1, 0.15) is 56.9 Å². The van der Waals surface area contributed by atoms with Crippen LogP contribution in [0.25, 0.3) is 0 Å². The first-order valence-corrected chi connectivity index (χ1v) is 7.51. The van der Waals surface area contributed by atoms with Crippen LogP contribution < -0.4 is 10.6 Å². The molecule has 2 N–H and O–H groups in total. The first kappa shape index (κ1) is 14.8. The predicted octanol–water partition coefficient (Wildman–Crippen LogP) is 3.21. The summed E-state index contributed by atoms with van der Waals surface area (Å²) in [5.41, 5.74) is 1.81. The Bertz CT molecular complexity index is 453. The molecule has 4 nitrogen and oxygen atoms in total. The molecule has 0 aliphatic heterocycles. The number of hydrogen-bond acceptors (Lipinski definition) is 3. The van der Waals surface area contributed by atoms with Crippen molar-refractivity contribution in [3.05, 3.63) is 24.0 Å². The van der Waals surface area contributed by atoms with Gasteiger partial charge in [-0.1, -0.05) is 20.8 Å². The van der Waals surface area contributed by atoms with E-state index in [-0.39, 0.29) is 11.9 Å². The molecule has 0 bridgehead atoms. The second-order valence-corrected chi connectivity index (χ2v) is 6.44. The highest BCUT2D eigenvalue weighted by Gasteiger charge is 2.31. The zero-order chi connectivity index (χ0) is 14.6. The molecule has 0 aromatic carbocycles. The molecule has 1 unspecified atom stereocenters. The van der Waals surface area contributed by atoms with Crippen LogP contribution in [-0.4, -0.2) is 23.5 Å². The van der Waals surface area contributed by atoms with Crippen LogP contribution in [0, 0.1) is 5.41 Å². The van der Waals surface area contributed by atoms with Crippen LogP contribution >= 0.6 is 0 Å². The van der Waals surface area contributed by atoms with E-state index in [0.29, 0.717) is 11.1 Å². The average Bonchev–Trinajstić information content (AvgIpc) is 2.76. The summed E-state index contributed by atoms with van der Waals surface area (Å²) in [6.07, 6.45) is 6.08. The van der Waals surface area contributed by atoms with E-state index < -0.39 is 0 Å². The van der Waals surface area contributed by atoms with E-state index in [2.05, 4.69) is 36.4 Å². The Morgan fingerprint density at radius 2 is 2.25 bits per heavy atom. The molecule has 1 aromatic rings. The van der Waals surface area contributed by atoms with Crippen LogP contribution in [0.5, 0.6) is 0 Å². The molecule has 0 saturated heterocycles. The molecule has 1 aromatic heterocycles. The van der Waals surface area contributed by atoms with Gasteiger partial charge in [-0.05, 0) is 43.2 Å². The number of rotatable bonds is 5. The van der Waals surface area contributed by atoms with Crippen LogP contribution in [-0.2, 0) is 0 Å². The van der Waals surface area contributed by atoms with Gasteiger partial charge in [-0.15, -0.1) is 0 Å². The van der Waals surface area contributed by atoms with Gasteiger partial charge in [0.05, 0.1) is 11.9 Å². The van der Waals surface area contributed by atoms with Crippen molar-refractivity contribution in [1.29, 1.82) is 0 Å². The van der Waals surface area contributed by atoms with Gasteiger partial charge in [0, 0.05) is 12.6 Å². The number of anilines is 1. The van der Waals surface area contributed by atoms with Crippen LogP contribution in [0.2, 0.25) is 0 Å². The van der Waals surface area contributed by atoms with Gasteiger partial charge in [-0.25, -0.2) is 4.98 Å². The van der Waals surface area contributed by atoms with Crippen molar-refractivity contribution < 1.29 is 4.79 Å². The van der Waals surface area contributed by atoms with Crippen molar-refractivity contribution in [3.63, 3.8) is 0 Å². The summed E-state index contributed by atoms with van der Waals surface area (Å²) >= 11 is 0. The van der Waals surface area contributed by atoms with E-state index in [1.807, 2.05) is 6.07 Å². The lowest BCUT2D eigenvalue weighted by Crippen LogP contribution is -2.34. The van der Waals surface area contributed by atoms with Crippen molar-refractivity contribution >= 4 is 11.6 Å². The fourth-order valence-electron chi connectivity index (χ4n) is 2.72. The summed E-state index contributed by atoms with van der Waals surface area (Å²) in [4.78, 5) is 16.4. The van der Waals surface area contributed by atoms with Gasteiger partial charge >= 0.3 is 0 Å². The van der Waals surface area contributed by atoms with Crippen molar-refractivity contribution in [3.8, 4) is 0 Å². The van der Waals surface area contributed by atoms with Gasteiger partial charge in [-0.3, -0.25) is 4.79 Å². The van der Waals surface area contributed by atoms with Gasteiger partial charge in [0.15, 0.2) is 0 Å². The number of nitrogens with one attached hydrogen (secondary N) is 2. The highest BCUT2D eigenvalue weighted by Crippen LogP contribution is 2.36. The Kier molecular flexibility index (Phi) is 4.63. The third-order valence-electron chi connectivity index (χ3n) is 3.88. The molecule has 1 fully saturated rings. The predicted molar refractivity (Wildman–Crippen MR) is 81.9 cm³/mol. The second kappa shape index (κ2) is 6.25. The first-order valence-electron chi connectivity index (χ1n) is 7.51. The lowest BCUT2D eigenvalue weighted by molar-refractivity contribution is 0.0931. The maximum absolute atomic E-state index is 12.1. The van der Waals surface area contributed by atoms with Crippen LogP contribution in [0.15, 0.2) is 18.3 Å². The summed E-state index contributed by atoms with van der Waals surface area (Å²) < 4.78 is 0. The maximum Gasteiger partial charge on any atom is 0.270 e. The molecule has 0 radical (unpaired) electrons. The third kappa shape index (κ3) is 3.95. The molecular weight excluding hydrogens is 250 g/mol. The van der Waals surface area contributed by atoms with Gasteiger partial charge < -0.3 is 10.6 Å². The number of pyridine rings is 1. The average molecular weight is 275 g/mol. The molecule has 110 valence electrons. The molecule has 0 spiro atoms. The van der Waals surface area contributed by atoms with E-state index in [1.165, 1.54) is 6.42 Å². The first-order chi connectivity index (χ1) is 9.50.